The monoisotopic (exact) mass is 284 g/mol. The van der Waals surface area contributed by atoms with Crippen LogP contribution in [0.1, 0.15) is 12.8 Å². The highest BCUT2D eigenvalue weighted by Gasteiger charge is 2.26. The molecule has 20 heavy (non-hydrogen) atoms. The van der Waals surface area contributed by atoms with Crippen molar-refractivity contribution >= 4 is 17.5 Å². The van der Waals surface area contributed by atoms with E-state index in [4.69, 9.17) is 4.74 Å². The van der Waals surface area contributed by atoms with Crippen molar-refractivity contribution in [2.75, 3.05) is 32.7 Å². The summed E-state index contributed by atoms with van der Waals surface area (Å²) in [6.45, 7) is 0.413. The molecule has 0 atom stereocenters. The predicted molar refractivity (Wildman–Crippen MR) is 69.8 cm³/mol. The van der Waals surface area contributed by atoms with E-state index in [1.165, 1.54) is 20.5 Å². The molecule has 9 heteroatoms. The van der Waals surface area contributed by atoms with E-state index in [1.807, 2.05) is 0 Å². The maximum atomic E-state index is 11.1. The molecule has 0 saturated carbocycles. The summed E-state index contributed by atoms with van der Waals surface area (Å²) in [6, 6.07) is 0. The Morgan fingerprint density at radius 3 is 2.70 bits per heavy atom. The Bertz CT molecular complexity index is 494. The molecule has 0 bridgehead atoms. The Balaban J connectivity index is 2.84. The van der Waals surface area contributed by atoms with Gasteiger partial charge in [0.25, 0.3) is 5.88 Å². The maximum Gasteiger partial charge on any atom is 0.372 e. The Hall–Kier alpha value is -2.45. The van der Waals surface area contributed by atoms with Gasteiger partial charge in [-0.25, -0.2) is 4.98 Å². The molecule has 0 spiro atoms. The van der Waals surface area contributed by atoms with Crippen LogP contribution in [-0.2, 0) is 9.53 Å². The lowest BCUT2D eigenvalue weighted by atomic mass is 10.3. The number of esters is 1. The Morgan fingerprint density at radius 1 is 1.45 bits per heavy atom. The number of carbonyl (C=O) groups is 1. The van der Waals surface area contributed by atoms with Crippen LogP contribution in [0.3, 0.4) is 0 Å². The van der Waals surface area contributed by atoms with E-state index >= 15 is 0 Å². The molecule has 1 rings (SSSR count). The second-order valence-electron chi connectivity index (χ2n) is 3.91. The highest BCUT2D eigenvalue weighted by molar-refractivity contribution is 5.69. The molecule has 9 nitrogen and oxygen atoms in total. The first-order chi connectivity index (χ1) is 9.51. The molecule has 0 fully saturated rings. The molecule has 0 aliphatic heterocycles. The van der Waals surface area contributed by atoms with Gasteiger partial charge in [-0.3, -0.25) is 14.9 Å². The summed E-state index contributed by atoms with van der Waals surface area (Å²) in [6.07, 6.45) is 1.92. The first-order valence-electron chi connectivity index (χ1n) is 5.82. The van der Waals surface area contributed by atoms with Crippen LogP contribution in [0.5, 0.6) is 5.88 Å². The van der Waals surface area contributed by atoms with Gasteiger partial charge in [0.1, 0.15) is 6.33 Å². The van der Waals surface area contributed by atoms with Gasteiger partial charge in [0.15, 0.2) is 0 Å². The summed E-state index contributed by atoms with van der Waals surface area (Å²) in [5, 5.41) is 11.1. The minimum Gasteiger partial charge on any atom is -0.476 e. The molecule has 1 aromatic heterocycles. The van der Waals surface area contributed by atoms with Gasteiger partial charge in [-0.2, -0.15) is 4.98 Å². The SMILES string of the molecule is COC(=O)CCCN(C)c1ncnc(OC)c1[N+](=O)[O-]. The van der Waals surface area contributed by atoms with Crippen LogP contribution < -0.4 is 9.64 Å². The molecular weight excluding hydrogens is 268 g/mol. The second-order valence-corrected chi connectivity index (χ2v) is 3.91. The zero-order valence-corrected chi connectivity index (χ0v) is 11.5. The van der Waals surface area contributed by atoms with Crippen molar-refractivity contribution in [3.63, 3.8) is 0 Å². The molecule has 0 unspecified atom stereocenters. The number of methoxy groups -OCH3 is 2. The summed E-state index contributed by atoms with van der Waals surface area (Å²) < 4.78 is 9.39. The van der Waals surface area contributed by atoms with E-state index in [-0.39, 0.29) is 29.8 Å². The van der Waals surface area contributed by atoms with Crippen molar-refractivity contribution in [1.29, 1.82) is 0 Å². The van der Waals surface area contributed by atoms with Gasteiger partial charge < -0.3 is 14.4 Å². The summed E-state index contributed by atoms with van der Waals surface area (Å²) in [4.78, 5) is 30.7. The third-order valence-corrected chi connectivity index (χ3v) is 2.61. The van der Waals surface area contributed by atoms with Gasteiger partial charge in [0.2, 0.25) is 5.82 Å². The first kappa shape index (κ1) is 15.6. The van der Waals surface area contributed by atoms with Crippen molar-refractivity contribution < 1.29 is 19.2 Å². The summed E-state index contributed by atoms with van der Waals surface area (Å²) >= 11 is 0. The number of nitrogens with zero attached hydrogens (tertiary/aromatic N) is 4. The summed E-state index contributed by atoms with van der Waals surface area (Å²) in [5.74, 6) is -0.278. The number of hydrogen-bond acceptors (Lipinski definition) is 8. The number of nitro groups is 1. The highest BCUT2D eigenvalue weighted by Crippen LogP contribution is 2.32. The molecule has 0 aliphatic carbocycles. The van der Waals surface area contributed by atoms with Crippen LogP contribution in [0.15, 0.2) is 6.33 Å². The molecule has 1 heterocycles. The number of hydrogen-bond donors (Lipinski definition) is 0. The molecule has 0 saturated heterocycles. The Morgan fingerprint density at radius 2 is 2.15 bits per heavy atom. The van der Waals surface area contributed by atoms with Crippen LogP contribution in [0, 0.1) is 10.1 Å². The van der Waals surface area contributed by atoms with E-state index in [9.17, 15) is 14.9 Å². The van der Waals surface area contributed by atoms with E-state index in [1.54, 1.807) is 11.9 Å². The number of rotatable bonds is 7. The van der Waals surface area contributed by atoms with Gasteiger partial charge in [-0.05, 0) is 6.42 Å². The number of ether oxygens (including phenoxy) is 2. The van der Waals surface area contributed by atoms with Gasteiger partial charge in [0.05, 0.1) is 19.1 Å². The van der Waals surface area contributed by atoms with Crippen LogP contribution in [0.4, 0.5) is 11.5 Å². The quantitative estimate of drug-likeness (QED) is 0.410. The largest absolute Gasteiger partial charge is 0.476 e. The van der Waals surface area contributed by atoms with Crippen LogP contribution in [-0.4, -0.2) is 48.7 Å². The van der Waals surface area contributed by atoms with Crippen molar-refractivity contribution in [3.8, 4) is 5.88 Å². The summed E-state index contributed by atoms with van der Waals surface area (Å²) in [5.41, 5.74) is -0.296. The molecule has 0 amide bonds. The van der Waals surface area contributed by atoms with Crippen molar-refractivity contribution in [3.05, 3.63) is 16.4 Å². The van der Waals surface area contributed by atoms with Crippen molar-refractivity contribution in [2.24, 2.45) is 0 Å². The highest BCUT2D eigenvalue weighted by atomic mass is 16.6. The van der Waals surface area contributed by atoms with Crippen LogP contribution in [0.25, 0.3) is 0 Å². The minimum atomic E-state index is -0.592. The molecule has 0 N–H and O–H groups in total. The van der Waals surface area contributed by atoms with Gasteiger partial charge >= 0.3 is 11.7 Å². The molecule has 0 aliphatic rings. The number of anilines is 1. The fourth-order valence-electron chi connectivity index (χ4n) is 1.61. The maximum absolute atomic E-state index is 11.1. The van der Waals surface area contributed by atoms with E-state index in [0.29, 0.717) is 13.0 Å². The Labute approximate surface area is 115 Å². The Kier molecular flexibility index (Phi) is 5.63. The van der Waals surface area contributed by atoms with Crippen molar-refractivity contribution in [1.82, 2.24) is 9.97 Å². The predicted octanol–water partition coefficient (Wildman–Crippen LogP) is 0.783. The average Bonchev–Trinajstić information content (AvgIpc) is 2.45. The number of carbonyl (C=O) groups excluding carboxylic acids is 1. The molecule has 110 valence electrons. The van der Waals surface area contributed by atoms with E-state index < -0.39 is 4.92 Å². The zero-order valence-electron chi connectivity index (χ0n) is 11.5. The molecular formula is C11H16N4O5. The minimum absolute atomic E-state index is 0.0974. The molecule has 1 aromatic rings. The normalized spacial score (nSPS) is 9.95. The van der Waals surface area contributed by atoms with Gasteiger partial charge in [-0.15, -0.1) is 0 Å². The third kappa shape index (κ3) is 3.77. The van der Waals surface area contributed by atoms with Crippen LogP contribution >= 0.6 is 0 Å². The lowest BCUT2D eigenvalue weighted by Gasteiger charge is -2.17. The zero-order chi connectivity index (χ0) is 15.1. The smallest absolute Gasteiger partial charge is 0.372 e. The average molecular weight is 284 g/mol. The standard InChI is InChI=1S/C11H16N4O5/c1-14(6-4-5-8(16)19-2)10-9(15(17)18)11(20-3)13-7-12-10/h7H,4-6H2,1-3H3. The van der Waals surface area contributed by atoms with Crippen LogP contribution in [0.2, 0.25) is 0 Å². The molecule has 0 aromatic carbocycles. The van der Waals surface area contributed by atoms with E-state index in [2.05, 4.69) is 14.7 Å². The fourth-order valence-corrected chi connectivity index (χ4v) is 1.61. The second kappa shape index (κ2) is 7.22. The third-order valence-electron chi connectivity index (χ3n) is 2.61. The van der Waals surface area contributed by atoms with E-state index in [0.717, 1.165) is 0 Å². The molecule has 0 radical (unpaired) electrons. The first-order valence-corrected chi connectivity index (χ1v) is 5.82. The van der Waals surface area contributed by atoms with Crippen molar-refractivity contribution in [2.45, 2.75) is 12.8 Å². The topological polar surface area (TPSA) is 108 Å². The summed E-state index contributed by atoms with van der Waals surface area (Å²) in [7, 11) is 4.26. The fraction of sp³-hybridized carbons (Fsp3) is 0.545. The lowest BCUT2D eigenvalue weighted by molar-refractivity contribution is -0.385. The van der Waals surface area contributed by atoms with Gasteiger partial charge in [0, 0.05) is 20.0 Å². The number of aromatic nitrogens is 2. The lowest BCUT2D eigenvalue weighted by Crippen LogP contribution is -2.22. The van der Waals surface area contributed by atoms with Gasteiger partial charge in [-0.1, -0.05) is 0 Å².